The van der Waals surface area contributed by atoms with Crippen molar-refractivity contribution in [2.75, 3.05) is 13.1 Å². The van der Waals surface area contributed by atoms with Crippen molar-refractivity contribution in [2.45, 2.75) is 39.5 Å². The van der Waals surface area contributed by atoms with Crippen LogP contribution in [0.4, 0.5) is 0 Å². The van der Waals surface area contributed by atoms with E-state index < -0.39 is 0 Å². The maximum Gasteiger partial charge on any atom is 0.263 e. The molecule has 20 heavy (non-hydrogen) atoms. The largest absolute Gasteiger partial charge is 0.393 e. The van der Waals surface area contributed by atoms with Crippen molar-refractivity contribution in [2.24, 2.45) is 11.7 Å². The summed E-state index contributed by atoms with van der Waals surface area (Å²) in [5.74, 6) is 0.179. The Bertz CT molecular complexity index is 486. The molecule has 110 valence electrons. The van der Waals surface area contributed by atoms with Gasteiger partial charge in [-0.3, -0.25) is 4.79 Å². The number of amides is 1. The molecule has 1 amide bonds. The minimum Gasteiger partial charge on any atom is -0.393 e. The monoisotopic (exact) mass is 310 g/mol. The van der Waals surface area contributed by atoms with Gasteiger partial charge in [-0.1, -0.05) is 19.1 Å². The lowest BCUT2D eigenvalue weighted by Gasteiger charge is -2.23. The van der Waals surface area contributed by atoms with Crippen molar-refractivity contribution in [1.29, 1.82) is 0 Å². The molecule has 1 aromatic heterocycles. The van der Waals surface area contributed by atoms with Gasteiger partial charge in [-0.15, -0.1) is 11.3 Å². The smallest absolute Gasteiger partial charge is 0.263 e. The molecule has 0 saturated carbocycles. The highest BCUT2D eigenvalue weighted by Crippen LogP contribution is 2.30. The molecule has 5 heteroatoms. The lowest BCUT2D eigenvalue weighted by Crippen LogP contribution is -2.37. The van der Waals surface area contributed by atoms with Gasteiger partial charge in [0.15, 0.2) is 0 Å². The first-order valence-corrected chi connectivity index (χ1v) is 8.45. The molecule has 2 N–H and O–H groups in total. The van der Waals surface area contributed by atoms with E-state index in [1.807, 2.05) is 18.7 Å². The van der Waals surface area contributed by atoms with E-state index in [0.29, 0.717) is 18.1 Å². The molecule has 0 spiro atoms. The summed E-state index contributed by atoms with van der Waals surface area (Å²) in [6.07, 6.45) is 4.74. The fourth-order valence-electron chi connectivity index (χ4n) is 2.53. The second kappa shape index (κ2) is 6.68. The van der Waals surface area contributed by atoms with Crippen molar-refractivity contribution in [3.8, 4) is 0 Å². The molecule has 1 aliphatic rings. The van der Waals surface area contributed by atoms with Crippen LogP contribution in [-0.2, 0) is 12.8 Å². The molecular weight excluding hydrogens is 288 g/mol. The molecule has 0 bridgehead atoms. The second-order valence-electron chi connectivity index (χ2n) is 5.41. The first-order valence-electron chi connectivity index (χ1n) is 7.23. The van der Waals surface area contributed by atoms with E-state index in [0.717, 1.165) is 17.7 Å². The number of carbonyl (C=O) groups is 1. The van der Waals surface area contributed by atoms with Crippen molar-refractivity contribution < 1.29 is 4.79 Å². The Balaban J connectivity index is 2.11. The van der Waals surface area contributed by atoms with Crippen LogP contribution in [0, 0.1) is 5.92 Å². The number of nitrogens with two attached hydrogens (primary N) is 1. The molecular formula is C15H22N2OS2. The van der Waals surface area contributed by atoms with Crippen LogP contribution in [0.3, 0.4) is 0 Å². The minimum absolute atomic E-state index is 0.0588. The molecule has 0 saturated heterocycles. The van der Waals surface area contributed by atoms with Crippen LogP contribution in [-0.4, -0.2) is 28.9 Å². The average Bonchev–Trinajstić information content (AvgIpc) is 2.87. The molecule has 0 fully saturated rings. The SMILES string of the molecule is CCN(CC(C)C(N)=S)C(=O)c1cc2c(s1)CCCC2. The summed E-state index contributed by atoms with van der Waals surface area (Å²) in [7, 11) is 0. The normalized spacial score (nSPS) is 15.5. The summed E-state index contributed by atoms with van der Waals surface area (Å²) < 4.78 is 0. The molecule has 1 unspecified atom stereocenters. The standard InChI is InChI=1S/C15H22N2OS2/c1-3-17(9-10(2)14(16)19)15(18)13-8-11-6-4-5-7-12(11)20-13/h8,10H,3-7,9H2,1-2H3,(H2,16,19). The third kappa shape index (κ3) is 3.38. The van der Waals surface area contributed by atoms with Gasteiger partial charge in [-0.05, 0) is 44.2 Å². The Morgan fingerprint density at radius 3 is 2.80 bits per heavy atom. The number of rotatable bonds is 5. The quantitative estimate of drug-likeness (QED) is 0.850. The number of hydrogen-bond acceptors (Lipinski definition) is 3. The van der Waals surface area contributed by atoms with E-state index in [1.165, 1.54) is 23.3 Å². The fourth-order valence-corrected chi connectivity index (χ4v) is 3.82. The summed E-state index contributed by atoms with van der Waals surface area (Å²) in [5.41, 5.74) is 7.03. The van der Waals surface area contributed by atoms with E-state index in [-0.39, 0.29) is 11.8 Å². The zero-order chi connectivity index (χ0) is 14.7. The predicted octanol–water partition coefficient (Wildman–Crippen LogP) is 3.01. The highest BCUT2D eigenvalue weighted by atomic mass is 32.1. The van der Waals surface area contributed by atoms with Gasteiger partial charge in [0.2, 0.25) is 0 Å². The lowest BCUT2D eigenvalue weighted by atomic mass is 9.99. The number of hydrogen-bond donors (Lipinski definition) is 1. The van der Waals surface area contributed by atoms with Crippen molar-refractivity contribution in [3.63, 3.8) is 0 Å². The lowest BCUT2D eigenvalue weighted by molar-refractivity contribution is 0.0759. The van der Waals surface area contributed by atoms with Crippen LogP contribution >= 0.6 is 23.6 Å². The summed E-state index contributed by atoms with van der Waals surface area (Å²) in [5, 5.41) is 0. The first-order chi connectivity index (χ1) is 9.52. The van der Waals surface area contributed by atoms with Crippen molar-refractivity contribution >= 4 is 34.5 Å². The van der Waals surface area contributed by atoms with E-state index in [9.17, 15) is 4.79 Å². The topological polar surface area (TPSA) is 46.3 Å². The molecule has 0 aliphatic heterocycles. The third-order valence-corrected chi connectivity index (χ3v) is 5.48. The number of nitrogens with zero attached hydrogens (tertiary/aromatic N) is 1. The van der Waals surface area contributed by atoms with Gasteiger partial charge >= 0.3 is 0 Å². The number of thiocarbonyl (C=S) groups is 1. The molecule has 1 aliphatic carbocycles. The molecule has 1 aromatic rings. The predicted molar refractivity (Wildman–Crippen MR) is 88.5 cm³/mol. The summed E-state index contributed by atoms with van der Waals surface area (Å²) in [4.78, 5) is 17.2. The van der Waals surface area contributed by atoms with Gasteiger partial charge in [0.1, 0.15) is 0 Å². The number of thiophene rings is 1. The van der Waals surface area contributed by atoms with E-state index in [1.54, 1.807) is 11.3 Å². The molecule has 0 radical (unpaired) electrons. The fraction of sp³-hybridized carbons (Fsp3) is 0.600. The zero-order valence-electron chi connectivity index (χ0n) is 12.1. The van der Waals surface area contributed by atoms with Crippen LogP contribution in [0.15, 0.2) is 6.07 Å². The Kier molecular flexibility index (Phi) is 5.16. The molecule has 0 aromatic carbocycles. The minimum atomic E-state index is 0.0588. The Hall–Kier alpha value is -0.940. The van der Waals surface area contributed by atoms with Gasteiger partial charge < -0.3 is 10.6 Å². The van der Waals surface area contributed by atoms with Crippen molar-refractivity contribution in [3.05, 3.63) is 21.4 Å². The molecule has 2 rings (SSSR count). The van der Waals surface area contributed by atoms with Gasteiger partial charge in [0, 0.05) is 23.9 Å². The van der Waals surface area contributed by atoms with Crippen LogP contribution in [0.5, 0.6) is 0 Å². The number of fused-ring (bicyclic) bond motifs is 1. The Labute approximate surface area is 130 Å². The van der Waals surface area contributed by atoms with Gasteiger partial charge in [-0.25, -0.2) is 0 Å². The number of carbonyl (C=O) groups excluding carboxylic acids is 1. The summed E-state index contributed by atoms with van der Waals surface area (Å²) in [6.45, 7) is 5.26. The third-order valence-electron chi connectivity index (χ3n) is 3.86. The number of aryl methyl sites for hydroxylation is 2. The first kappa shape index (κ1) is 15.4. The van der Waals surface area contributed by atoms with E-state index in [2.05, 4.69) is 6.07 Å². The van der Waals surface area contributed by atoms with Crippen molar-refractivity contribution in [1.82, 2.24) is 4.90 Å². The highest BCUT2D eigenvalue weighted by Gasteiger charge is 2.22. The van der Waals surface area contributed by atoms with Gasteiger partial charge in [0.25, 0.3) is 5.91 Å². The summed E-state index contributed by atoms with van der Waals surface area (Å²) in [6, 6.07) is 2.09. The van der Waals surface area contributed by atoms with E-state index in [4.69, 9.17) is 18.0 Å². The highest BCUT2D eigenvalue weighted by molar-refractivity contribution is 7.80. The van der Waals surface area contributed by atoms with Crippen LogP contribution < -0.4 is 5.73 Å². The van der Waals surface area contributed by atoms with Crippen LogP contribution in [0.1, 0.15) is 46.8 Å². The van der Waals surface area contributed by atoms with Crippen LogP contribution in [0.25, 0.3) is 0 Å². The van der Waals surface area contributed by atoms with Crippen LogP contribution in [0.2, 0.25) is 0 Å². The molecule has 1 heterocycles. The van der Waals surface area contributed by atoms with Gasteiger partial charge in [0.05, 0.1) is 9.87 Å². The Morgan fingerprint density at radius 1 is 1.50 bits per heavy atom. The van der Waals surface area contributed by atoms with Gasteiger partial charge in [-0.2, -0.15) is 0 Å². The molecule has 1 atom stereocenters. The zero-order valence-corrected chi connectivity index (χ0v) is 13.8. The Morgan fingerprint density at radius 2 is 2.20 bits per heavy atom. The average molecular weight is 310 g/mol. The maximum atomic E-state index is 12.6. The van der Waals surface area contributed by atoms with E-state index >= 15 is 0 Å². The second-order valence-corrected chi connectivity index (χ2v) is 7.02. The maximum absolute atomic E-state index is 12.6. The summed E-state index contributed by atoms with van der Waals surface area (Å²) >= 11 is 6.67. The molecule has 3 nitrogen and oxygen atoms in total.